The average Bonchev–Trinajstić information content (AvgIpc) is 3.27. The van der Waals surface area contributed by atoms with Crippen LogP contribution in [0.5, 0.6) is 11.5 Å². The Morgan fingerprint density at radius 3 is 2.92 bits per heavy atom. The van der Waals surface area contributed by atoms with Crippen molar-refractivity contribution in [2.45, 2.75) is 32.2 Å². The van der Waals surface area contributed by atoms with Crippen molar-refractivity contribution >= 4 is 17.6 Å². The SMILES string of the molecule is CC(C(=O)Nc1ccc2c(c1)OCO2)N1C[C@@H]2CCC[C@@]2(C(=O)O)C1. The summed E-state index contributed by atoms with van der Waals surface area (Å²) in [5.41, 5.74) is -0.0266. The Balaban J connectivity index is 1.44. The Hall–Kier alpha value is -2.28. The molecular weight excluding hydrogens is 324 g/mol. The first kappa shape index (κ1) is 16.2. The first-order valence-electron chi connectivity index (χ1n) is 8.67. The number of hydrogen-bond acceptors (Lipinski definition) is 5. The molecule has 0 bridgehead atoms. The zero-order valence-electron chi connectivity index (χ0n) is 14.2. The predicted octanol–water partition coefficient (Wildman–Crippen LogP) is 1.93. The third-order valence-corrected chi connectivity index (χ3v) is 5.89. The van der Waals surface area contributed by atoms with Gasteiger partial charge in [-0.05, 0) is 37.8 Å². The number of carboxylic acids is 1. The second-order valence-corrected chi connectivity index (χ2v) is 7.21. The van der Waals surface area contributed by atoms with E-state index in [1.165, 1.54) is 0 Å². The summed E-state index contributed by atoms with van der Waals surface area (Å²) >= 11 is 0. The lowest BCUT2D eigenvalue weighted by atomic mass is 9.81. The summed E-state index contributed by atoms with van der Waals surface area (Å²) in [4.78, 5) is 26.4. The van der Waals surface area contributed by atoms with Crippen molar-refractivity contribution in [2.75, 3.05) is 25.2 Å². The molecule has 0 spiro atoms. The number of rotatable bonds is 4. The van der Waals surface area contributed by atoms with E-state index in [2.05, 4.69) is 5.32 Å². The first-order chi connectivity index (χ1) is 12.0. The van der Waals surface area contributed by atoms with Crippen LogP contribution in [0.25, 0.3) is 0 Å². The molecule has 7 nitrogen and oxygen atoms in total. The van der Waals surface area contributed by atoms with Crippen molar-refractivity contribution in [2.24, 2.45) is 11.3 Å². The maximum atomic E-state index is 12.6. The van der Waals surface area contributed by atoms with Gasteiger partial charge in [0.15, 0.2) is 11.5 Å². The van der Waals surface area contributed by atoms with Crippen molar-refractivity contribution < 1.29 is 24.2 Å². The van der Waals surface area contributed by atoms with Gasteiger partial charge >= 0.3 is 5.97 Å². The molecule has 1 aliphatic carbocycles. The molecule has 2 fully saturated rings. The van der Waals surface area contributed by atoms with Gasteiger partial charge in [-0.3, -0.25) is 14.5 Å². The number of likely N-dealkylation sites (tertiary alicyclic amines) is 1. The molecule has 25 heavy (non-hydrogen) atoms. The van der Waals surface area contributed by atoms with Gasteiger partial charge in [-0.25, -0.2) is 0 Å². The minimum atomic E-state index is -0.721. The summed E-state index contributed by atoms with van der Waals surface area (Å²) in [6, 6.07) is 4.90. The highest BCUT2D eigenvalue weighted by Crippen LogP contribution is 2.49. The van der Waals surface area contributed by atoms with Crippen LogP contribution in [0.1, 0.15) is 26.2 Å². The van der Waals surface area contributed by atoms with E-state index in [1.54, 1.807) is 18.2 Å². The Bertz CT molecular complexity index is 721. The standard InChI is InChI=1S/C18H22N2O5/c1-11(20-8-12-3-2-6-18(12,9-20)17(22)23)16(21)19-13-4-5-14-15(7-13)25-10-24-14/h4-5,7,11-12H,2-3,6,8-10H2,1H3,(H,19,21)(H,22,23)/t11?,12-,18+/m0/s1. The van der Waals surface area contributed by atoms with Gasteiger partial charge < -0.3 is 19.9 Å². The fraction of sp³-hybridized carbons (Fsp3) is 0.556. The number of amides is 1. The van der Waals surface area contributed by atoms with Crippen LogP contribution in [0.4, 0.5) is 5.69 Å². The topological polar surface area (TPSA) is 88.1 Å². The second kappa shape index (κ2) is 5.91. The van der Waals surface area contributed by atoms with Crippen LogP contribution in [-0.2, 0) is 9.59 Å². The number of nitrogens with one attached hydrogen (secondary N) is 1. The van der Waals surface area contributed by atoms with Crippen LogP contribution in [0.3, 0.4) is 0 Å². The van der Waals surface area contributed by atoms with Gasteiger partial charge in [0.25, 0.3) is 0 Å². The number of carboxylic acid groups (broad SMARTS) is 1. The zero-order valence-corrected chi connectivity index (χ0v) is 14.2. The summed E-state index contributed by atoms with van der Waals surface area (Å²) in [7, 11) is 0. The van der Waals surface area contributed by atoms with Crippen molar-refractivity contribution in [3.63, 3.8) is 0 Å². The number of aliphatic carboxylic acids is 1. The smallest absolute Gasteiger partial charge is 0.311 e. The van der Waals surface area contributed by atoms with Gasteiger partial charge in [0.2, 0.25) is 12.7 Å². The fourth-order valence-electron chi connectivity index (χ4n) is 4.36. The maximum absolute atomic E-state index is 12.6. The van der Waals surface area contributed by atoms with E-state index in [0.29, 0.717) is 36.7 Å². The van der Waals surface area contributed by atoms with Gasteiger partial charge in [-0.15, -0.1) is 0 Å². The van der Waals surface area contributed by atoms with Crippen LogP contribution in [0, 0.1) is 11.3 Å². The van der Waals surface area contributed by atoms with E-state index in [4.69, 9.17) is 9.47 Å². The van der Waals surface area contributed by atoms with E-state index in [0.717, 1.165) is 12.8 Å². The summed E-state index contributed by atoms with van der Waals surface area (Å²) in [5, 5.41) is 12.6. The molecule has 1 saturated carbocycles. The summed E-state index contributed by atoms with van der Waals surface area (Å²) < 4.78 is 10.6. The van der Waals surface area contributed by atoms with E-state index >= 15 is 0 Å². The van der Waals surface area contributed by atoms with E-state index < -0.39 is 11.4 Å². The van der Waals surface area contributed by atoms with Crippen LogP contribution < -0.4 is 14.8 Å². The number of anilines is 1. The molecule has 1 saturated heterocycles. The Labute approximate surface area is 145 Å². The Morgan fingerprint density at radius 1 is 1.36 bits per heavy atom. The second-order valence-electron chi connectivity index (χ2n) is 7.21. The largest absolute Gasteiger partial charge is 0.481 e. The minimum Gasteiger partial charge on any atom is -0.481 e. The number of carbonyl (C=O) groups excluding carboxylic acids is 1. The number of carbonyl (C=O) groups is 2. The Morgan fingerprint density at radius 2 is 2.16 bits per heavy atom. The van der Waals surface area contributed by atoms with Crippen molar-refractivity contribution in [3.05, 3.63) is 18.2 Å². The third-order valence-electron chi connectivity index (χ3n) is 5.89. The number of nitrogens with zero attached hydrogens (tertiary/aromatic N) is 1. The summed E-state index contributed by atoms with van der Waals surface area (Å²) in [6.45, 7) is 3.14. The van der Waals surface area contributed by atoms with Crippen LogP contribution in [-0.4, -0.2) is 47.8 Å². The van der Waals surface area contributed by atoms with Crippen LogP contribution >= 0.6 is 0 Å². The van der Waals surface area contributed by atoms with Gasteiger partial charge in [0.05, 0.1) is 11.5 Å². The first-order valence-corrected chi connectivity index (χ1v) is 8.67. The molecule has 2 aliphatic heterocycles. The normalized spacial score (nSPS) is 28.6. The third kappa shape index (κ3) is 2.63. The summed E-state index contributed by atoms with van der Waals surface area (Å²) in [6.07, 6.45) is 2.60. The zero-order chi connectivity index (χ0) is 17.6. The average molecular weight is 346 g/mol. The van der Waals surface area contributed by atoms with Gasteiger partial charge in [-0.2, -0.15) is 0 Å². The number of benzene rings is 1. The summed E-state index contributed by atoms with van der Waals surface area (Å²) in [5.74, 6) is 0.568. The highest BCUT2D eigenvalue weighted by atomic mass is 16.7. The molecule has 134 valence electrons. The van der Waals surface area contributed by atoms with Crippen LogP contribution in [0.2, 0.25) is 0 Å². The molecule has 1 unspecified atom stereocenters. The molecule has 0 aromatic heterocycles. The number of hydrogen-bond donors (Lipinski definition) is 2. The minimum absolute atomic E-state index is 0.139. The molecule has 2 heterocycles. The fourth-order valence-corrected chi connectivity index (χ4v) is 4.36. The quantitative estimate of drug-likeness (QED) is 0.866. The van der Waals surface area contributed by atoms with Gasteiger partial charge in [0.1, 0.15) is 0 Å². The number of fused-ring (bicyclic) bond motifs is 2. The Kier molecular flexibility index (Phi) is 3.83. The van der Waals surface area contributed by atoms with Crippen molar-refractivity contribution in [1.82, 2.24) is 4.90 Å². The van der Waals surface area contributed by atoms with Crippen LogP contribution in [0.15, 0.2) is 18.2 Å². The molecule has 1 aromatic carbocycles. The van der Waals surface area contributed by atoms with Crippen molar-refractivity contribution in [3.8, 4) is 11.5 Å². The highest BCUT2D eigenvalue weighted by molar-refractivity contribution is 5.95. The van der Waals surface area contributed by atoms with E-state index in [-0.39, 0.29) is 24.7 Å². The molecule has 3 aliphatic rings. The highest BCUT2D eigenvalue weighted by Gasteiger charge is 2.55. The molecule has 4 rings (SSSR count). The van der Waals surface area contributed by atoms with Crippen molar-refractivity contribution in [1.29, 1.82) is 0 Å². The molecular formula is C18H22N2O5. The molecule has 3 atom stereocenters. The predicted molar refractivity (Wildman–Crippen MR) is 89.6 cm³/mol. The number of ether oxygens (including phenoxy) is 2. The molecule has 1 amide bonds. The van der Waals surface area contributed by atoms with E-state index in [9.17, 15) is 14.7 Å². The molecule has 1 aromatic rings. The lowest BCUT2D eigenvalue weighted by Crippen LogP contribution is -2.43. The van der Waals surface area contributed by atoms with E-state index in [1.807, 2.05) is 11.8 Å². The lowest BCUT2D eigenvalue weighted by Gasteiger charge is -2.26. The monoisotopic (exact) mass is 346 g/mol. The lowest BCUT2D eigenvalue weighted by molar-refractivity contribution is -0.149. The van der Waals surface area contributed by atoms with Gasteiger partial charge in [0, 0.05) is 24.8 Å². The maximum Gasteiger partial charge on any atom is 0.311 e. The molecule has 2 N–H and O–H groups in total. The molecule has 7 heteroatoms. The molecule has 0 radical (unpaired) electrons. The van der Waals surface area contributed by atoms with Gasteiger partial charge in [-0.1, -0.05) is 6.42 Å².